The van der Waals surface area contributed by atoms with E-state index in [-0.39, 0.29) is 11.3 Å². The van der Waals surface area contributed by atoms with Crippen LogP contribution in [-0.4, -0.2) is 22.5 Å². The van der Waals surface area contributed by atoms with Gasteiger partial charge in [0.2, 0.25) is 0 Å². The van der Waals surface area contributed by atoms with E-state index in [4.69, 9.17) is 0 Å². The van der Waals surface area contributed by atoms with Crippen molar-refractivity contribution in [3.8, 4) is 5.75 Å². The molecule has 1 unspecified atom stereocenters. The quantitative estimate of drug-likeness (QED) is 0.583. The number of halogens is 3. The summed E-state index contributed by atoms with van der Waals surface area (Å²) in [4.78, 5) is 4.30. The second kappa shape index (κ2) is 8.09. The number of aliphatic hydroxyl groups is 1. The Hall–Kier alpha value is -3.12. The van der Waals surface area contributed by atoms with Gasteiger partial charge in [-0.25, -0.2) is 0 Å². The number of nitrogens with zero attached hydrogens (tertiary/aromatic N) is 1. The third kappa shape index (κ3) is 4.32. The van der Waals surface area contributed by atoms with Crippen molar-refractivity contribution in [3.05, 3.63) is 101 Å². The molecule has 0 saturated carbocycles. The zero-order valence-electron chi connectivity index (χ0n) is 15.6. The van der Waals surface area contributed by atoms with Crippen LogP contribution in [0.3, 0.4) is 0 Å². The van der Waals surface area contributed by atoms with Gasteiger partial charge in [-0.15, -0.1) is 0 Å². The minimum absolute atomic E-state index is 0.0739. The summed E-state index contributed by atoms with van der Waals surface area (Å²) in [5.74, 6) is -0.322. The summed E-state index contributed by atoms with van der Waals surface area (Å²) in [6, 6.07) is 19.7. The van der Waals surface area contributed by atoms with Crippen LogP contribution in [-0.2, 0) is 11.8 Å². The molecule has 0 saturated heterocycles. The maximum Gasteiger partial charge on any atom is 0.416 e. The van der Waals surface area contributed by atoms with Gasteiger partial charge in [-0.1, -0.05) is 60.7 Å². The Kier molecular flexibility index (Phi) is 5.75. The predicted molar refractivity (Wildman–Crippen MR) is 106 cm³/mol. The van der Waals surface area contributed by atoms with Crippen molar-refractivity contribution in [1.82, 2.24) is 0 Å². The number of phenolic OH excluding ortho intramolecular Hbond substituents is 1. The normalized spacial score (nSPS) is 13.6. The number of aliphatic imine (C=N–C) groups is 1. The Morgan fingerprint density at radius 3 is 1.83 bits per heavy atom. The molecule has 0 radical (unpaired) electrons. The monoisotopic (exact) mass is 399 g/mol. The lowest BCUT2D eigenvalue weighted by atomic mass is 9.81. The zero-order valence-corrected chi connectivity index (χ0v) is 15.6. The van der Waals surface area contributed by atoms with Gasteiger partial charge in [-0.05, 0) is 36.2 Å². The Morgan fingerprint density at radius 1 is 0.828 bits per heavy atom. The summed E-state index contributed by atoms with van der Waals surface area (Å²) in [5, 5.41) is 21.5. The first kappa shape index (κ1) is 20.6. The van der Waals surface area contributed by atoms with E-state index in [0.717, 1.165) is 24.4 Å². The van der Waals surface area contributed by atoms with E-state index in [1.807, 2.05) is 12.1 Å². The topological polar surface area (TPSA) is 52.8 Å². The minimum Gasteiger partial charge on any atom is -0.507 e. The minimum atomic E-state index is -4.53. The van der Waals surface area contributed by atoms with Gasteiger partial charge in [0, 0.05) is 11.8 Å². The molecule has 3 aromatic rings. The molecule has 0 aliphatic rings. The van der Waals surface area contributed by atoms with Crippen LogP contribution in [0.1, 0.15) is 29.2 Å². The lowest BCUT2D eigenvalue weighted by Crippen LogP contribution is -2.38. The van der Waals surface area contributed by atoms with Gasteiger partial charge in [-0.2, -0.15) is 13.2 Å². The summed E-state index contributed by atoms with van der Waals surface area (Å²) in [6.07, 6.45) is -3.37. The summed E-state index contributed by atoms with van der Waals surface area (Å²) >= 11 is 0. The summed E-state index contributed by atoms with van der Waals surface area (Å²) in [6.45, 7) is 1.67. The lowest BCUT2D eigenvalue weighted by Gasteiger charge is -2.33. The Bertz CT molecular complexity index is 947. The van der Waals surface area contributed by atoms with Crippen molar-refractivity contribution in [3.63, 3.8) is 0 Å². The number of phenols is 1. The molecule has 3 aromatic carbocycles. The maximum atomic E-state index is 13.0. The van der Waals surface area contributed by atoms with E-state index in [1.165, 1.54) is 0 Å². The first-order valence-corrected chi connectivity index (χ1v) is 8.99. The molecule has 3 nitrogen and oxygen atoms in total. The molecule has 0 heterocycles. The van der Waals surface area contributed by atoms with Crippen LogP contribution >= 0.6 is 0 Å². The second-order valence-corrected chi connectivity index (χ2v) is 6.72. The van der Waals surface area contributed by atoms with E-state index in [0.29, 0.717) is 11.1 Å². The standard InChI is InChI=1S/C23H20F3NO2/c1-16(27-15-17-14-20(23(24,25)26)12-13-21(17)28)22(29,18-8-4-2-5-9-18)19-10-6-3-7-11-19/h2-16,28-29H,1H3. The highest BCUT2D eigenvalue weighted by Gasteiger charge is 2.37. The van der Waals surface area contributed by atoms with E-state index in [1.54, 1.807) is 55.5 Å². The molecule has 0 fully saturated rings. The molecule has 1 atom stereocenters. The summed E-state index contributed by atoms with van der Waals surface area (Å²) in [5.41, 5.74) is -1.26. The van der Waals surface area contributed by atoms with Gasteiger partial charge in [-0.3, -0.25) is 4.99 Å². The van der Waals surface area contributed by atoms with Crippen molar-refractivity contribution in [2.45, 2.75) is 24.7 Å². The Labute approximate surface area is 166 Å². The van der Waals surface area contributed by atoms with Gasteiger partial charge in [0.05, 0.1) is 11.6 Å². The van der Waals surface area contributed by atoms with E-state index >= 15 is 0 Å². The fourth-order valence-corrected chi connectivity index (χ4v) is 3.17. The number of hydrogen-bond donors (Lipinski definition) is 2. The molecule has 0 bridgehead atoms. The van der Waals surface area contributed by atoms with E-state index in [2.05, 4.69) is 4.99 Å². The molecular weight excluding hydrogens is 379 g/mol. The third-order valence-electron chi connectivity index (χ3n) is 4.82. The van der Waals surface area contributed by atoms with Crippen molar-refractivity contribution >= 4 is 6.21 Å². The van der Waals surface area contributed by atoms with Gasteiger partial charge in [0.1, 0.15) is 11.4 Å². The van der Waals surface area contributed by atoms with Crippen LogP contribution < -0.4 is 0 Å². The Morgan fingerprint density at radius 2 is 1.34 bits per heavy atom. The van der Waals surface area contributed by atoms with Crippen LogP contribution in [0.25, 0.3) is 0 Å². The fraction of sp³-hybridized carbons (Fsp3) is 0.174. The van der Waals surface area contributed by atoms with Crippen LogP contribution in [0.5, 0.6) is 5.75 Å². The Balaban J connectivity index is 2.01. The molecule has 29 heavy (non-hydrogen) atoms. The maximum absolute atomic E-state index is 13.0. The van der Waals surface area contributed by atoms with E-state index in [9.17, 15) is 23.4 Å². The van der Waals surface area contributed by atoms with Crippen LogP contribution in [0.2, 0.25) is 0 Å². The van der Waals surface area contributed by atoms with Crippen LogP contribution in [0, 0.1) is 0 Å². The SMILES string of the molecule is CC(N=Cc1cc(C(F)(F)F)ccc1O)C(O)(c1ccccc1)c1ccccc1. The molecule has 0 spiro atoms. The van der Waals surface area contributed by atoms with Gasteiger partial charge in [0.15, 0.2) is 0 Å². The molecule has 0 aliphatic heterocycles. The molecule has 6 heteroatoms. The third-order valence-corrected chi connectivity index (χ3v) is 4.82. The molecule has 150 valence electrons. The molecule has 0 aliphatic carbocycles. The van der Waals surface area contributed by atoms with Crippen LogP contribution in [0.15, 0.2) is 83.9 Å². The number of benzene rings is 3. The first-order chi connectivity index (χ1) is 13.7. The molecular formula is C23H20F3NO2. The highest BCUT2D eigenvalue weighted by atomic mass is 19.4. The van der Waals surface area contributed by atoms with Crippen molar-refractivity contribution in [1.29, 1.82) is 0 Å². The summed E-state index contributed by atoms with van der Waals surface area (Å²) < 4.78 is 38.9. The average molecular weight is 399 g/mol. The highest BCUT2D eigenvalue weighted by Crippen LogP contribution is 2.35. The van der Waals surface area contributed by atoms with Crippen LogP contribution in [0.4, 0.5) is 13.2 Å². The number of rotatable bonds is 5. The molecule has 3 rings (SSSR count). The number of aromatic hydroxyl groups is 1. The second-order valence-electron chi connectivity index (χ2n) is 6.72. The highest BCUT2D eigenvalue weighted by molar-refractivity contribution is 5.84. The number of hydrogen-bond acceptors (Lipinski definition) is 3. The first-order valence-electron chi connectivity index (χ1n) is 8.99. The lowest BCUT2D eigenvalue weighted by molar-refractivity contribution is -0.137. The van der Waals surface area contributed by atoms with Gasteiger partial charge in [0.25, 0.3) is 0 Å². The van der Waals surface area contributed by atoms with E-state index < -0.39 is 23.4 Å². The van der Waals surface area contributed by atoms with Gasteiger partial charge >= 0.3 is 6.18 Å². The summed E-state index contributed by atoms with van der Waals surface area (Å²) in [7, 11) is 0. The number of alkyl halides is 3. The van der Waals surface area contributed by atoms with Gasteiger partial charge < -0.3 is 10.2 Å². The largest absolute Gasteiger partial charge is 0.507 e. The molecule has 2 N–H and O–H groups in total. The predicted octanol–water partition coefficient (Wildman–Crippen LogP) is 5.15. The van der Waals surface area contributed by atoms with Crippen molar-refractivity contribution < 1.29 is 23.4 Å². The molecule has 0 amide bonds. The van der Waals surface area contributed by atoms with Crippen molar-refractivity contribution in [2.24, 2.45) is 4.99 Å². The fourth-order valence-electron chi connectivity index (χ4n) is 3.17. The average Bonchev–Trinajstić information content (AvgIpc) is 2.72. The smallest absolute Gasteiger partial charge is 0.416 e. The van der Waals surface area contributed by atoms with Crippen molar-refractivity contribution in [2.75, 3.05) is 0 Å². The zero-order chi connectivity index (χ0) is 21.1. The molecule has 0 aromatic heterocycles.